The number of hydrogen-bond donors (Lipinski definition) is 1. The molecule has 0 radical (unpaired) electrons. The van der Waals surface area contributed by atoms with E-state index in [0.29, 0.717) is 0 Å². The molecular formula is C23H27ClFN5S. The quantitative estimate of drug-likeness (QED) is 0.583. The van der Waals surface area contributed by atoms with Gasteiger partial charge in [-0.2, -0.15) is 0 Å². The summed E-state index contributed by atoms with van der Waals surface area (Å²) in [5.41, 5.74) is 2.11. The topological polar surface area (TPSA) is 44.3 Å². The van der Waals surface area contributed by atoms with Gasteiger partial charge in [0.05, 0.1) is 10.4 Å². The van der Waals surface area contributed by atoms with Gasteiger partial charge >= 0.3 is 0 Å². The SMILES string of the molecule is CN1CCN(CCC2CCc3c(sc4ncnc(Nc5ccc(F)c(Cl)c5)c34)C2)CC1. The van der Waals surface area contributed by atoms with Gasteiger partial charge in [-0.3, -0.25) is 0 Å². The number of hydrogen-bond acceptors (Lipinski definition) is 6. The van der Waals surface area contributed by atoms with Crippen molar-refractivity contribution in [1.29, 1.82) is 0 Å². The fourth-order valence-electron chi connectivity index (χ4n) is 4.67. The van der Waals surface area contributed by atoms with E-state index < -0.39 is 5.82 Å². The third kappa shape index (κ3) is 4.55. The van der Waals surface area contributed by atoms with Crippen molar-refractivity contribution in [3.05, 3.63) is 45.8 Å². The highest BCUT2D eigenvalue weighted by Crippen LogP contribution is 2.41. The van der Waals surface area contributed by atoms with E-state index in [2.05, 4.69) is 32.1 Å². The van der Waals surface area contributed by atoms with E-state index in [1.165, 1.54) is 62.1 Å². The summed E-state index contributed by atoms with van der Waals surface area (Å²) in [6.45, 7) is 5.94. The van der Waals surface area contributed by atoms with Crippen LogP contribution in [0.4, 0.5) is 15.9 Å². The molecule has 1 aromatic carbocycles. The van der Waals surface area contributed by atoms with Crippen LogP contribution in [-0.2, 0) is 12.8 Å². The maximum atomic E-state index is 13.5. The minimum atomic E-state index is -0.421. The number of nitrogens with one attached hydrogen (secondary N) is 1. The Morgan fingerprint density at radius 1 is 1.23 bits per heavy atom. The van der Waals surface area contributed by atoms with Crippen molar-refractivity contribution >= 4 is 44.7 Å². The third-order valence-corrected chi connectivity index (χ3v) is 8.03. The highest BCUT2D eigenvalue weighted by molar-refractivity contribution is 7.19. The molecule has 1 aliphatic heterocycles. The second-order valence-electron chi connectivity index (χ2n) is 8.70. The van der Waals surface area contributed by atoms with E-state index >= 15 is 0 Å². The highest BCUT2D eigenvalue weighted by Gasteiger charge is 2.26. The third-order valence-electron chi connectivity index (χ3n) is 6.58. The van der Waals surface area contributed by atoms with Gasteiger partial charge in [0.15, 0.2) is 0 Å². The monoisotopic (exact) mass is 459 g/mol. The Balaban J connectivity index is 1.31. The van der Waals surface area contributed by atoms with Gasteiger partial charge in [-0.25, -0.2) is 14.4 Å². The van der Waals surface area contributed by atoms with Crippen molar-refractivity contribution in [1.82, 2.24) is 19.8 Å². The van der Waals surface area contributed by atoms with Gasteiger partial charge in [0.25, 0.3) is 0 Å². The van der Waals surface area contributed by atoms with Crippen molar-refractivity contribution in [3.8, 4) is 0 Å². The molecule has 2 aliphatic rings. The lowest BCUT2D eigenvalue weighted by molar-refractivity contribution is 0.145. The molecule has 5 nitrogen and oxygen atoms in total. The lowest BCUT2D eigenvalue weighted by atomic mass is 9.85. The molecule has 1 atom stereocenters. The Labute approximate surface area is 191 Å². The number of piperazine rings is 1. The van der Waals surface area contributed by atoms with Crippen LogP contribution >= 0.6 is 22.9 Å². The average Bonchev–Trinajstić information content (AvgIpc) is 3.14. The second-order valence-corrected chi connectivity index (χ2v) is 10.2. The van der Waals surface area contributed by atoms with Crippen molar-refractivity contribution in [2.24, 2.45) is 5.92 Å². The largest absolute Gasteiger partial charge is 0.340 e. The predicted molar refractivity (Wildman–Crippen MR) is 126 cm³/mol. The van der Waals surface area contributed by atoms with Crippen LogP contribution in [0.2, 0.25) is 5.02 Å². The van der Waals surface area contributed by atoms with Crippen LogP contribution < -0.4 is 5.32 Å². The number of halogens is 2. The molecule has 2 aromatic heterocycles. The first-order chi connectivity index (χ1) is 15.1. The van der Waals surface area contributed by atoms with E-state index in [-0.39, 0.29) is 5.02 Å². The van der Waals surface area contributed by atoms with Gasteiger partial charge in [0.2, 0.25) is 0 Å². The maximum absolute atomic E-state index is 13.5. The lowest BCUT2D eigenvalue weighted by Gasteiger charge is -2.33. The van der Waals surface area contributed by atoms with Crippen LogP contribution in [0.1, 0.15) is 23.3 Å². The van der Waals surface area contributed by atoms with Crippen molar-refractivity contribution < 1.29 is 4.39 Å². The number of nitrogens with zero attached hydrogens (tertiary/aromatic N) is 4. The summed E-state index contributed by atoms with van der Waals surface area (Å²) < 4.78 is 13.5. The molecule has 0 bridgehead atoms. The van der Waals surface area contributed by atoms with Crippen LogP contribution in [0.25, 0.3) is 10.2 Å². The molecule has 1 saturated heterocycles. The molecule has 3 heterocycles. The Morgan fingerprint density at radius 2 is 2.06 bits per heavy atom. The van der Waals surface area contributed by atoms with Gasteiger partial charge in [0, 0.05) is 36.7 Å². The molecular weight excluding hydrogens is 433 g/mol. The van der Waals surface area contributed by atoms with Gasteiger partial charge in [-0.1, -0.05) is 11.6 Å². The van der Waals surface area contributed by atoms with Gasteiger partial charge in [-0.15, -0.1) is 11.3 Å². The lowest BCUT2D eigenvalue weighted by Crippen LogP contribution is -2.45. The predicted octanol–water partition coefficient (Wildman–Crippen LogP) is 4.97. The first-order valence-electron chi connectivity index (χ1n) is 10.9. The summed E-state index contributed by atoms with van der Waals surface area (Å²) in [6, 6.07) is 4.65. The molecule has 8 heteroatoms. The number of benzene rings is 1. The van der Waals surface area contributed by atoms with Crippen LogP contribution in [0, 0.1) is 11.7 Å². The summed E-state index contributed by atoms with van der Waals surface area (Å²) in [5.74, 6) is 1.09. The zero-order chi connectivity index (χ0) is 21.4. The fraction of sp³-hybridized carbons (Fsp3) is 0.478. The minimum absolute atomic E-state index is 0.103. The molecule has 5 rings (SSSR count). The van der Waals surface area contributed by atoms with E-state index in [9.17, 15) is 4.39 Å². The van der Waals surface area contributed by atoms with Crippen LogP contribution in [0.3, 0.4) is 0 Å². The summed E-state index contributed by atoms with van der Waals surface area (Å²) in [4.78, 5) is 16.5. The van der Waals surface area contributed by atoms with Gasteiger partial charge in [-0.05, 0) is 69.0 Å². The molecule has 0 spiro atoms. The Kier molecular flexibility index (Phi) is 6.10. The zero-order valence-corrected chi connectivity index (χ0v) is 19.3. The summed E-state index contributed by atoms with van der Waals surface area (Å²) in [7, 11) is 2.21. The van der Waals surface area contributed by atoms with E-state index in [4.69, 9.17) is 11.6 Å². The zero-order valence-electron chi connectivity index (χ0n) is 17.7. The molecule has 1 fully saturated rings. The number of rotatable bonds is 5. The molecule has 1 N–H and O–H groups in total. The Hall–Kier alpha value is -1.80. The fourth-order valence-corrected chi connectivity index (χ4v) is 6.15. The van der Waals surface area contributed by atoms with E-state index in [0.717, 1.165) is 40.5 Å². The normalized spacial score (nSPS) is 20.2. The molecule has 1 aliphatic carbocycles. The number of fused-ring (bicyclic) bond motifs is 3. The number of anilines is 2. The minimum Gasteiger partial charge on any atom is -0.340 e. The summed E-state index contributed by atoms with van der Waals surface area (Å²) in [5, 5.41) is 4.54. The summed E-state index contributed by atoms with van der Waals surface area (Å²) in [6.07, 6.45) is 6.27. The van der Waals surface area contributed by atoms with Crippen LogP contribution in [-0.4, -0.2) is 59.5 Å². The Morgan fingerprint density at radius 3 is 2.87 bits per heavy atom. The number of likely N-dealkylation sites (N-methyl/N-ethyl adjacent to an activating group) is 1. The number of aryl methyl sites for hydroxylation is 1. The number of thiophene rings is 1. The van der Waals surface area contributed by atoms with Gasteiger partial charge < -0.3 is 15.1 Å². The molecule has 164 valence electrons. The van der Waals surface area contributed by atoms with E-state index in [1.54, 1.807) is 29.8 Å². The second kappa shape index (κ2) is 8.98. The van der Waals surface area contributed by atoms with Crippen LogP contribution in [0.5, 0.6) is 0 Å². The molecule has 3 aromatic rings. The van der Waals surface area contributed by atoms with Crippen molar-refractivity contribution in [2.45, 2.75) is 25.7 Å². The van der Waals surface area contributed by atoms with Gasteiger partial charge in [0.1, 0.15) is 22.8 Å². The standard InChI is InChI=1S/C23H27ClFN5S/c1-29-8-10-30(11-9-29)7-6-15-2-4-17-20(12-15)31-23-21(17)22(26-14-27-23)28-16-3-5-19(25)18(24)13-16/h3,5,13-15H,2,4,6-12H2,1H3,(H,26,27,28). The molecule has 1 unspecified atom stereocenters. The Bertz CT molecular complexity index is 1080. The smallest absolute Gasteiger partial charge is 0.142 e. The average molecular weight is 460 g/mol. The first kappa shape index (κ1) is 21.1. The van der Waals surface area contributed by atoms with Crippen LogP contribution in [0.15, 0.2) is 24.5 Å². The van der Waals surface area contributed by atoms with Crippen molar-refractivity contribution in [2.75, 3.05) is 45.1 Å². The molecule has 31 heavy (non-hydrogen) atoms. The maximum Gasteiger partial charge on any atom is 0.142 e. The molecule has 0 saturated carbocycles. The first-order valence-corrected chi connectivity index (χ1v) is 12.1. The van der Waals surface area contributed by atoms with E-state index in [1.807, 2.05) is 0 Å². The molecule has 0 amide bonds. The summed E-state index contributed by atoms with van der Waals surface area (Å²) >= 11 is 7.75. The van der Waals surface area contributed by atoms with Crippen molar-refractivity contribution in [3.63, 3.8) is 0 Å². The number of aromatic nitrogens is 2. The highest BCUT2D eigenvalue weighted by atomic mass is 35.5.